The number of hydrogen-bond acceptors (Lipinski definition) is 1. The van der Waals surface area contributed by atoms with Gasteiger partial charge in [-0.1, -0.05) is 48.6 Å². The van der Waals surface area contributed by atoms with Gasteiger partial charge < -0.3 is 0 Å². The van der Waals surface area contributed by atoms with Crippen LogP contribution in [-0.2, 0) is 11.2 Å². The van der Waals surface area contributed by atoms with Gasteiger partial charge >= 0.3 is 0 Å². The third kappa shape index (κ3) is 1.52. The highest BCUT2D eigenvalue weighted by atomic mass is 16.1. The van der Waals surface area contributed by atoms with E-state index in [1.54, 1.807) is 12.2 Å². The van der Waals surface area contributed by atoms with E-state index < -0.39 is 0 Å². The van der Waals surface area contributed by atoms with Crippen LogP contribution in [0.5, 0.6) is 0 Å². The molecule has 2 aliphatic carbocycles. The maximum absolute atomic E-state index is 11.6. The predicted molar refractivity (Wildman–Crippen MR) is 77.9 cm³/mol. The average Bonchev–Trinajstić information content (AvgIpc) is 2.46. The van der Waals surface area contributed by atoms with E-state index in [1.807, 2.05) is 6.08 Å². The standard InChI is InChI=1S/C18H12O/c19-14-8-5-13-7-9-16-15-4-2-1-3-12(15)6-10-17(16)18(13)11-14/h1-8,10-11H,9H2. The zero-order chi connectivity index (χ0) is 12.8. The summed E-state index contributed by atoms with van der Waals surface area (Å²) in [4.78, 5) is 11.6. The van der Waals surface area contributed by atoms with Crippen molar-refractivity contribution in [2.75, 3.05) is 0 Å². The molecule has 0 radical (unpaired) electrons. The van der Waals surface area contributed by atoms with E-state index in [4.69, 9.17) is 0 Å². The fourth-order valence-corrected chi connectivity index (χ4v) is 2.97. The van der Waals surface area contributed by atoms with Crippen molar-refractivity contribution in [1.29, 1.82) is 0 Å². The summed E-state index contributed by atoms with van der Waals surface area (Å²) in [5.74, 6) is 0.0770. The molecule has 0 amide bonds. The van der Waals surface area contributed by atoms with E-state index in [9.17, 15) is 4.79 Å². The minimum absolute atomic E-state index is 0.0770. The van der Waals surface area contributed by atoms with Crippen LogP contribution in [0.4, 0.5) is 0 Å². The second-order valence-corrected chi connectivity index (χ2v) is 4.97. The van der Waals surface area contributed by atoms with Gasteiger partial charge in [0.25, 0.3) is 0 Å². The van der Waals surface area contributed by atoms with Crippen LogP contribution < -0.4 is 0 Å². The molecule has 0 fully saturated rings. The van der Waals surface area contributed by atoms with Crippen molar-refractivity contribution in [2.45, 2.75) is 6.42 Å². The van der Waals surface area contributed by atoms with Crippen molar-refractivity contribution in [1.82, 2.24) is 0 Å². The van der Waals surface area contributed by atoms with E-state index in [-0.39, 0.29) is 5.78 Å². The zero-order valence-corrected chi connectivity index (χ0v) is 10.4. The summed E-state index contributed by atoms with van der Waals surface area (Å²) in [6.45, 7) is 0. The van der Waals surface area contributed by atoms with Gasteiger partial charge in [0.2, 0.25) is 0 Å². The molecule has 90 valence electrons. The number of carbonyl (C=O) groups excluding carboxylic acids is 1. The SMILES string of the molecule is O=C1C=CC2=CCc3c(ccc4ccccc34)C2=C1. The third-order valence-electron chi connectivity index (χ3n) is 3.88. The van der Waals surface area contributed by atoms with Gasteiger partial charge in [-0.3, -0.25) is 4.79 Å². The molecular weight excluding hydrogens is 232 g/mol. The first-order valence-corrected chi connectivity index (χ1v) is 6.48. The predicted octanol–water partition coefficient (Wildman–Crippen LogP) is 3.84. The highest BCUT2D eigenvalue weighted by Gasteiger charge is 2.20. The van der Waals surface area contributed by atoms with Crippen molar-refractivity contribution in [3.8, 4) is 0 Å². The average molecular weight is 244 g/mol. The number of ketones is 1. The quantitative estimate of drug-likeness (QED) is 0.688. The molecular formula is C18H12O. The lowest BCUT2D eigenvalue weighted by Crippen LogP contribution is -2.07. The topological polar surface area (TPSA) is 17.1 Å². The van der Waals surface area contributed by atoms with Crippen LogP contribution in [0.25, 0.3) is 16.3 Å². The van der Waals surface area contributed by atoms with Gasteiger partial charge in [-0.05, 0) is 51.6 Å². The Morgan fingerprint density at radius 1 is 0.947 bits per heavy atom. The van der Waals surface area contributed by atoms with Gasteiger partial charge in [0.05, 0.1) is 0 Å². The smallest absolute Gasteiger partial charge is 0.179 e. The lowest BCUT2D eigenvalue weighted by atomic mass is 9.82. The number of allylic oxidation sites excluding steroid dienone is 6. The van der Waals surface area contributed by atoms with Crippen LogP contribution in [0.15, 0.2) is 66.3 Å². The molecule has 2 aromatic rings. The van der Waals surface area contributed by atoms with E-state index in [2.05, 4.69) is 42.5 Å². The first-order chi connectivity index (χ1) is 9.33. The first-order valence-electron chi connectivity index (χ1n) is 6.48. The van der Waals surface area contributed by atoms with Crippen molar-refractivity contribution >= 4 is 22.1 Å². The van der Waals surface area contributed by atoms with Gasteiger partial charge in [-0.25, -0.2) is 0 Å². The van der Waals surface area contributed by atoms with Crippen LogP contribution in [0.1, 0.15) is 11.1 Å². The summed E-state index contributed by atoms with van der Waals surface area (Å²) >= 11 is 0. The molecule has 1 heteroatoms. The molecule has 0 atom stereocenters. The Balaban J connectivity index is 2.03. The molecule has 0 aromatic heterocycles. The van der Waals surface area contributed by atoms with Crippen molar-refractivity contribution < 1.29 is 4.79 Å². The second kappa shape index (κ2) is 3.79. The molecule has 1 nitrogen and oxygen atoms in total. The normalized spacial score (nSPS) is 16.7. The van der Waals surface area contributed by atoms with Crippen molar-refractivity contribution in [3.05, 3.63) is 77.4 Å². The van der Waals surface area contributed by atoms with Gasteiger partial charge in [-0.15, -0.1) is 0 Å². The molecule has 0 aliphatic heterocycles. The molecule has 0 N–H and O–H groups in total. The fraction of sp³-hybridized carbons (Fsp3) is 0.0556. The van der Waals surface area contributed by atoms with Crippen LogP contribution in [0, 0.1) is 0 Å². The van der Waals surface area contributed by atoms with Gasteiger partial charge in [0, 0.05) is 0 Å². The van der Waals surface area contributed by atoms with Crippen molar-refractivity contribution in [3.63, 3.8) is 0 Å². The number of hydrogen-bond donors (Lipinski definition) is 0. The number of carbonyl (C=O) groups is 1. The van der Waals surface area contributed by atoms with Crippen LogP contribution in [-0.4, -0.2) is 5.78 Å². The highest BCUT2D eigenvalue weighted by molar-refractivity contribution is 6.11. The summed E-state index contributed by atoms with van der Waals surface area (Å²) in [5, 5.41) is 2.55. The third-order valence-corrected chi connectivity index (χ3v) is 3.88. The molecule has 19 heavy (non-hydrogen) atoms. The van der Waals surface area contributed by atoms with Crippen LogP contribution in [0.2, 0.25) is 0 Å². The largest absolute Gasteiger partial charge is 0.290 e. The number of benzene rings is 2. The summed E-state index contributed by atoms with van der Waals surface area (Å²) in [6.07, 6.45) is 8.46. The summed E-state index contributed by atoms with van der Waals surface area (Å²) in [6, 6.07) is 12.7. The first kappa shape index (κ1) is 10.5. The molecule has 2 aliphatic rings. The maximum atomic E-state index is 11.6. The van der Waals surface area contributed by atoms with Gasteiger partial charge in [0.15, 0.2) is 5.78 Å². The Labute approximate surface area is 111 Å². The second-order valence-electron chi connectivity index (χ2n) is 4.97. The number of fused-ring (bicyclic) bond motifs is 5. The minimum atomic E-state index is 0.0770. The molecule has 0 bridgehead atoms. The van der Waals surface area contributed by atoms with Gasteiger partial charge in [-0.2, -0.15) is 0 Å². The zero-order valence-electron chi connectivity index (χ0n) is 10.4. The van der Waals surface area contributed by atoms with Gasteiger partial charge in [0.1, 0.15) is 0 Å². The van der Waals surface area contributed by atoms with E-state index in [0.717, 1.165) is 12.0 Å². The molecule has 2 aromatic carbocycles. The Morgan fingerprint density at radius 2 is 1.84 bits per heavy atom. The van der Waals surface area contributed by atoms with Crippen molar-refractivity contribution in [2.24, 2.45) is 0 Å². The Hall–Kier alpha value is -2.41. The van der Waals surface area contributed by atoms with Crippen LogP contribution >= 0.6 is 0 Å². The summed E-state index contributed by atoms with van der Waals surface area (Å²) < 4.78 is 0. The molecule has 0 heterocycles. The number of rotatable bonds is 0. The van der Waals surface area contributed by atoms with E-state index >= 15 is 0 Å². The Morgan fingerprint density at radius 3 is 2.79 bits per heavy atom. The lowest BCUT2D eigenvalue weighted by Gasteiger charge is -2.22. The minimum Gasteiger partial charge on any atom is -0.290 e. The van der Waals surface area contributed by atoms with Crippen LogP contribution in [0.3, 0.4) is 0 Å². The van der Waals surface area contributed by atoms with E-state index in [0.29, 0.717) is 0 Å². The summed E-state index contributed by atoms with van der Waals surface area (Å²) in [7, 11) is 0. The molecule has 0 unspecified atom stereocenters. The molecule has 0 saturated carbocycles. The fourth-order valence-electron chi connectivity index (χ4n) is 2.97. The Kier molecular flexibility index (Phi) is 2.10. The molecule has 4 rings (SSSR count). The molecule has 0 saturated heterocycles. The Bertz CT molecular complexity index is 804. The maximum Gasteiger partial charge on any atom is 0.179 e. The highest BCUT2D eigenvalue weighted by Crippen LogP contribution is 2.37. The summed E-state index contributed by atoms with van der Waals surface area (Å²) in [5.41, 5.74) is 4.77. The molecule has 0 spiro atoms. The lowest BCUT2D eigenvalue weighted by molar-refractivity contribution is -0.110. The van der Waals surface area contributed by atoms with E-state index in [1.165, 1.54) is 27.5 Å². The monoisotopic (exact) mass is 244 g/mol.